The van der Waals surface area contributed by atoms with Crippen molar-refractivity contribution < 1.29 is 18.5 Å². The molecule has 1 radical (unpaired) electrons. The fourth-order valence-corrected chi connectivity index (χ4v) is 6.91. The third-order valence-electron chi connectivity index (χ3n) is 6.97. The third kappa shape index (κ3) is 8.71. The van der Waals surface area contributed by atoms with Crippen molar-refractivity contribution >= 4 is 138 Å². The van der Waals surface area contributed by atoms with Crippen LogP contribution < -0.4 is 4.65 Å². The average molecular weight is 991 g/mol. The minimum Gasteiger partial charge on any atom is -0.537 e. The predicted octanol–water partition coefficient (Wildman–Crippen LogP) is 13.7. The predicted molar refractivity (Wildman–Crippen MR) is 218 cm³/mol. The molecule has 0 aliphatic heterocycles. The van der Waals surface area contributed by atoms with E-state index in [2.05, 4.69) is 139 Å². The number of halogens is 5. The Hall–Kier alpha value is -2.61. The molecule has 47 heavy (non-hydrogen) atoms. The molecule has 2 aromatic heterocycles. The Balaban J connectivity index is 0.000000147. The topological polar surface area (TPSA) is 55.7 Å². The summed E-state index contributed by atoms with van der Waals surface area (Å²) in [6.07, 6.45) is 0. The van der Waals surface area contributed by atoms with Crippen LogP contribution in [-0.4, -0.2) is 12.7 Å². The summed E-state index contributed by atoms with van der Waals surface area (Å²) in [5.74, 6) is 0.608. The molecule has 10 heteroatoms. The minimum atomic E-state index is 0. The SMILES string of the molecule is Brc1ccc2oc3ccc(I)cc3c2c1.Brc1cccc(-c2ccc3oc4ccc(Br)cc4c3c2)c1.C.O[B]Oc1cccc(Br)c1. The lowest BCUT2D eigenvalue weighted by Crippen LogP contribution is -1.98. The number of fused-ring (bicyclic) bond motifs is 6. The van der Waals surface area contributed by atoms with E-state index in [1.54, 1.807) is 12.1 Å². The van der Waals surface area contributed by atoms with Gasteiger partial charge in [0.2, 0.25) is 0 Å². The standard InChI is InChI=1S/C18H10Br2O.C12H6BrIO.C6H5BBrO2.CH4/c19-13-3-1-2-11(8-13)12-4-6-17-15(9-12)16-10-14(20)5-7-18(16)21-17;13-7-1-3-11-9(5-7)10-6-8(14)2-4-12(10)15-11;8-5-2-1-3-6(4-5)10-7-9;/h1-10H;1-6H;1-4,9H;1H4. The van der Waals surface area contributed by atoms with Gasteiger partial charge in [-0.3, -0.25) is 0 Å². The van der Waals surface area contributed by atoms with Gasteiger partial charge in [-0.05, 0) is 131 Å². The molecule has 0 bridgehead atoms. The largest absolute Gasteiger partial charge is 0.569 e. The van der Waals surface area contributed by atoms with Crippen LogP contribution in [-0.2, 0) is 0 Å². The minimum absolute atomic E-state index is 0. The fraction of sp³-hybridized carbons (Fsp3) is 0.0270. The fourth-order valence-electron chi connectivity index (χ4n) is 4.92. The number of rotatable bonds is 3. The van der Waals surface area contributed by atoms with E-state index in [4.69, 9.17) is 13.9 Å². The van der Waals surface area contributed by atoms with Gasteiger partial charge in [-0.25, -0.2) is 0 Å². The summed E-state index contributed by atoms with van der Waals surface area (Å²) in [7, 11) is 0.655. The summed E-state index contributed by atoms with van der Waals surface area (Å²) >= 11 is 16.1. The molecule has 0 spiro atoms. The first-order valence-electron chi connectivity index (χ1n) is 13.8. The van der Waals surface area contributed by atoms with Crippen molar-refractivity contribution in [3.63, 3.8) is 0 Å². The Labute approximate surface area is 320 Å². The van der Waals surface area contributed by atoms with Gasteiger partial charge in [0.15, 0.2) is 0 Å². The van der Waals surface area contributed by atoms with Gasteiger partial charge in [-0.1, -0.05) is 95.4 Å². The molecule has 0 amide bonds. The molecule has 0 aliphatic rings. The van der Waals surface area contributed by atoms with Crippen molar-refractivity contribution in [1.82, 2.24) is 0 Å². The van der Waals surface area contributed by atoms with Crippen LogP contribution in [0.15, 0.2) is 148 Å². The van der Waals surface area contributed by atoms with Crippen molar-refractivity contribution in [3.05, 3.63) is 143 Å². The molecule has 2 heterocycles. The first-order valence-corrected chi connectivity index (χ1v) is 18.1. The lowest BCUT2D eigenvalue weighted by atomic mass is 10.0. The van der Waals surface area contributed by atoms with E-state index < -0.39 is 0 Å². The Kier molecular flexibility index (Phi) is 12.3. The maximum absolute atomic E-state index is 8.25. The average Bonchev–Trinajstić information content (AvgIpc) is 3.59. The van der Waals surface area contributed by atoms with Gasteiger partial charge in [0.25, 0.3) is 0 Å². The number of furan rings is 2. The molecule has 0 unspecified atom stereocenters. The van der Waals surface area contributed by atoms with Crippen LogP contribution in [0.4, 0.5) is 0 Å². The molecule has 8 aromatic rings. The Morgan fingerprint density at radius 3 is 1.55 bits per heavy atom. The van der Waals surface area contributed by atoms with E-state index in [1.807, 2.05) is 60.7 Å². The highest BCUT2D eigenvalue weighted by atomic mass is 127. The summed E-state index contributed by atoms with van der Waals surface area (Å²) in [4.78, 5) is 0. The molecule has 0 saturated heterocycles. The zero-order valence-corrected chi connectivity index (χ0v) is 32.2. The summed E-state index contributed by atoms with van der Waals surface area (Å²) < 4.78 is 21.7. The quantitative estimate of drug-likeness (QED) is 0.142. The van der Waals surface area contributed by atoms with Gasteiger partial charge >= 0.3 is 7.69 Å². The van der Waals surface area contributed by atoms with Gasteiger partial charge in [0.1, 0.15) is 28.1 Å². The molecule has 0 aliphatic carbocycles. The highest BCUT2D eigenvalue weighted by molar-refractivity contribution is 14.1. The van der Waals surface area contributed by atoms with E-state index in [1.165, 1.54) is 20.1 Å². The van der Waals surface area contributed by atoms with Crippen LogP contribution in [0.2, 0.25) is 0 Å². The van der Waals surface area contributed by atoms with Crippen LogP contribution in [0.1, 0.15) is 7.43 Å². The van der Waals surface area contributed by atoms with E-state index in [0.29, 0.717) is 13.4 Å². The van der Waals surface area contributed by atoms with Crippen LogP contribution in [0.5, 0.6) is 5.75 Å². The summed E-state index contributed by atoms with van der Waals surface area (Å²) in [5.41, 5.74) is 6.10. The van der Waals surface area contributed by atoms with Crippen LogP contribution >= 0.6 is 86.3 Å². The molecule has 4 nitrogen and oxygen atoms in total. The monoisotopic (exact) mass is 987 g/mol. The van der Waals surface area contributed by atoms with E-state index in [0.717, 1.165) is 56.4 Å². The van der Waals surface area contributed by atoms with Crippen LogP contribution in [0.25, 0.3) is 55.0 Å². The van der Waals surface area contributed by atoms with E-state index in [9.17, 15) is 0 Å². The third-order valence-corrected chi connectivity index (χ3v) is 9.61. The van der Waals surface area contributed by atoms with Gasteiger partial charge < -0.3 is 18.5 Å². The summed E-state index contributed by atoms with van der Waals surface area (Å²) in [6, 6.07) is 40.3. The summed E-state index contributed by atoms with van der Waals surface area (Å²) in [6.45, 7) is 0. The molecular weight excluding hydrogens is 966 g/mol. The van der Waals surface area contributed by atoms with Crippen LogP contribution in [0, 0.1) is 3.57 Å². The van der Waals surface area contributed by atoms with Crippen molar-refractivity contribution in [3.8, 4) is 16.9 Å². The zero-order chi connectivity index (χ0) is 32.2. The lowest BCUT2D eigenvalue weighted by molar-refractivity contribution is 0.453. The van der Waals surface area contributed by atoms with E-state index in [-0.39, 0.29) is 7.43 Å². The molecule has 1 N–H and O–H groups in total. The summed E-state index contributed by atoms with van der Waals surface area (Å²) in [5, 5.41) is 12.9. The molecule has 235 valence electrons. The lowest BCUT2D eigenvalue weighted by Gasteiger charge is -2.02. The molecule has 8 rings (SSSR count). The molecule has 6 aromatic carbocycles. The smallest absolute Gasteiger partial charge is 0.537 e. The van der Waals surface area contributed by atoms with Gasteiger partial charge in [-0.2, -0.15) is 0 Å². The highest BCUT2D eigenvalue weighted by Gasteiger charge is 2.09. The second kappa shape index (κ2) is 16.2. The maximum atomic E-state index is 8.25. The molecule has 0 saturated carbocycles. The Bertz CT molecular complexity index is 2260. The second-order valence-corrected chi connectivity index (χ2v) is 14.9. The normalized spacial score (nSPS) is 10.6. The number of hydrogen-bond donors (Lipinski definition) is 1. The van der Waals surface area contributed by atoms with Gasteiger partial charge in [-0.15, -0.1) is 0 Å². The Morgan fingerprint density at radius 2 is 0.979 bits per heavy atom. The van der Waals surface area contributed by atoms with Crippen molar-refractivity contribution in [2.45, 2.75) is 7.43 Å². The van der Waals surface area contributed by atoms with Crippen molar-refractivity contribution in [1.29, 1.82) is 0 Å². The second-order valence-electron chi connectivity index (χ2n) is 10.0. The Morgan fingerprint density at radius 1 is 0.511 bits per heavy atom. The first kappa shape index (κ1) is 35.7. The zero-order valence-electron chi connectivity index (χ0n) is 23.7. The van der Waals surface area contributed by atoms with Gasteiger partial charge in [0, 0.05) is 43.0 Å². The van der Waals surface area contributed by atoms with Crippen molar-refractivity contribution in [2.24, 2.45) is 0 Å². The first-order chi connectivity index (χ1) is 22.3. The maximum Gasteiger partial charge on any atom is 0.569 e. The molecular formula is C37H25BBr4IO4. The number of benzene rings is 6. The molecule has 0 atom stereocenters. The van der Waals surface area contributed by atoms with Crippen LogP contribution in [0.3, 0.4) is 0 Å². The molecule has 0 fully saturated rings. The van der Waals surface area contributed by atoms with Gasteiger partial charge in [0.05, 0.1) is 0 Å². The van der Waals surface area contributed by atoms with E-state index >= 15 is 0 Å². The highest BCUT2D eigenvalue weighted by Crippen LogP contribution is 2.35. The number of hydrogen-bond acceptors (Lipinski definition) is 4. The van der Waals surface area contributed by atoms with Crippen molar-refractivity contribution in [2.75, 3.05) is 0 Å².